The van der Waals surface area contributed by atoms with Crippen molar-refractivity contribution in [2.45, 2.75) is 19.5 Å². The van der Waals surface area contributed by atoms with E-state index in [1.807, 2.05) is 18.5 Å². The number of pyridine rings is 1. The molecule has 2 aromatic heterocycles. The van der Waals surface area contributed by atoms with Crippen molar-refractivity contribution in [2.24, 2.45) is 0 Å². The first-order valence-electron chi connectivity index (χ1n) is 8.20. The highest BCUT2D eigenvalue weighted by Crippen LogP contribution is 2.24. The lowest BCUT2D eigenvalue weighted by Crippen LogP contribution is -2.46. The van der Waals surface area contributed by atoms with Crippen molar-refractivity contribution in [3.05, 3.63) is 53.7 Å². The SMILES string of the molecule is COC(=O)c1ccc([C@H](C)N2CCN(Cc3ccncc3)CC2)o1. The van der Waals surface area contributed by atoms with E-state index in [1.165, 1.54) is 12.7 Å². The maximum absolute atomic E-state index is 11.5. The predicted octanol–water partition coefficient (Wildman–Crippen LogP) is 2.34. The zero-order valence-electron chi connectivity index (χ0n) is 14.1. The van der Waals surface area contributed by atoms with Gasteiger partial charge in [0.1, 0.15) is 5.76 Å². The molecule has 3 rings (SSSR count). The van der Waals surface area contributed by atoms with Crippen molar-refractivity contribution in [3.8, 4) is 0 Å². The predicted molar refractivity (Wildman–Crippen MR) is 89.5 cm³/mol. The Balaban J connectivity index is 1.54. The molecule has 0 bridgehead atoms. The zero-order chi connectivity index (χ0) is 16.9. The van der Waals surface area contributed by atoms with E-state index in [2.05, 4.69) is 38.6 Å². The lowest BCUT2D eigenvalue weighted by atomic mass is 10.1. The number of aromatic nitrogens is 1. The molecule has 1 aliphatic heterocycles. The average Bonchev–Trinajstić information content (AvgIpc) is 3.12. The van der Waals surface area contributed by atoms with Crippen molar-refractivity contribution >= 4 is 5.97 Å². The highest BCUT2D eigenvalue weighted by atomic mass is 16.5. The van der Waals surface area contributed by atoms with Crippen molar-refractivity contribution < 1.29 is 13.9 Å². The largest absolute Gasteiger partial charge is 0.463 e. The third kappa shape index (κ3) is 3.83. The second-order valence-corrected chi connectivity index (χ2v) is 6.04. The fourth-order valence-corrected chi connectivity index (χ4v) is 3.02. The van der Waals surface area contributed by atoms with Gasteiger partial charge in [0.05, 0.1) is 13.2 Å². The molecule has 0 N–H and O–H groups in total. The molecule has 0 radical (unpaired) electrons. The maximum Gasteiger partial charge on any atom is 0.373 e. The van der Waals surface area contributed by atoms with Crippen LogP contribution in [0.2, 0.25) is 0 Å². The number of piperazine rings is 1. The molecule has 6 nitrogen and oxygen atoms in total. The van der Waals surface area contributed by atoms with Crippen molar-refractivity contribution in [1.82, 2.24) is 14.8 Å². The summed E-state index contributed by atoms with van der Waals surface area (Å²) in [6.07, 6.45) is 3.67. The summed E-state index contributed by atoms with van der Waals surface area (Å²) in [7, 11) is 1.36. The normalized spacial score (nSPS) is 17.6. The molecule has 0 aliphatic carbocycles. The Morgan fingerprint density at radius 1 is 1.21 bits per heavy atom. The van der Waals surface area contributed by atoms with Crippen LogP contribution in [0.4, 0.5) is 0 Å². The highest BCUT2D eigenvalue weighted by Gasteiger charge is 2.24. The Kier molecular flexibility index (Phi) is 5.27. The minimum absolute atomic E-state index is 0.145. The molecule has 0 unspecified atom stereocenters. The number of hydrogen-bond donors (Lipinski definition) is 0. The number of esters is 1. The van der Waals surface area contributed by atoms with Gasteiger partial charge in [-0.2, -0.15) is 0 Å². The van der Waals surface area contributed by atoms with E-state index < -0.39 is 5.97 Å². The summed E-state index contributed by atoms with van der Waals surface area (Å²) in [5.74, 6) is 0.629. The number of carbonyl (C=O) groups excluding carboxylic acids is 1. The Hall–Kier alpha value is -2.18. The summed E-state index contributed by atoms with van der Waals surface area (Å²) in [5, 5.41) is 0. The van der Waals surface area contributed by atoms with Gasteiger partial charge in [-0.15, -0.1) is 0 Å². The van der Waals surface area contributed by atoms with Gasteiger partial charge in [-0.1, -0.05) is 0 Å². The number of furan rings is 1. The molecular weight excluding hydrogens is 306 g/mol. The summed E-state index contributed by atoms with van der Waals surface area (Å²) >= 11 is 0. The minimum Gasteiger partial charge on any atom is -0.463 e. The standard InChI is InChI=1S/C18H23N3O3/c1-14(16-3-4-17(24-16)18(22)23-2)21-11-9-20(10-12-21)13-15-5-7-19-8-6-15/h3-8,14H,9-13H2,1-2H3/t14-/m0/s1. The average molecular weight is 329 g/mol. The second-order valence-electron chi connectivity index (χ2n) is 6.04. The van der Waals surface area contributed by atoms with Crippen molar-refractivity contribution in [2.75, 3.05) is 33.3 Å². The molecule has 2 aromatic rings. The Morgan fingerprint density at radius 3 is 2.58 bits per heavy atom. The molecule has 0 amide bonds. The number of nitrogens with zero attached hydrogens (tertiary/aromatic N) is 3. The van der Waals surface area contributed by atoms with E-state index in [0.29, 0.717) is 0 Å². The molecular formula is C18H23N3O3. The molecule has 3 heterocycles. The van der Waals surface area contributed by atoms with Crippen LogP contribution in [0, 0.1) is 0 Å². The van der Waals surface area contributed by atoms with Crippen LogP contribution in [0.25, 0.3) is 0 Å². The van der Waals surface area contributed by atoms with Crippen LogP contribution in [0.15, 0.2) is 41.1 Å². The quantitative estimate of drug-likeness (QED) is 0.785. The topological polar surface area (TPSA) is 58.8 Å². The number of hydrogen-bond acceptors (Lipinski definition) is 6. The van der Waals surface area contributed by atoms with Crippen LogP contribution in [-0.2, 0) is 11.3 Å². The van der Waals surface area contributed by atoms with E-state index in [-0.39, 0.29) is 11.8 Å². The van der Waals surface area contributed by atoms with Gasteiger partial charge in [0.2, 0.25) is 5.76 Å². The van der Waals surface area contributed by atoms with E-state index >= 15 is 0 Å². The number of carbonyl (C=O) groups is 1. The number of rotatable bonds is 5. The van der Waals surface area contributed by atoms with Gasteiger partial charge >= 0.3 is 5.97 Å². The van der Waals surface area contributed by atoms with Gasteiger partial charge in [-0.25, -0.2) is 4.79 Å². The monoisotopic (exact) mass is 329 g/mol. The molecule has 128 valence electrons. The zero-order valence-corrected chi connectivity index (χ0v) is 14.1. The molecule has 1 aliphatic rings. The van der Waals surface area contributed by atoms with E-state index in [1.54, 1.807) is 6.07 Å². The first kappa shape index (κ1) is 16.7. The molecule has 1 fully saturated rings. The van der Waals surface area contributed by atoms with Gasteiger partial charge in [0.25, 0.3) is 0 Å². The van der Waals surface area contributed by atoms with Gasteiger partial charge in [-0.05, 0) is 36.8 Å². The summed E-state index contributed by atoms with van der Waals surface area (Å²) < 4.78 is 10.3. The molecule has 24 heavy (non-hydrogen) atoms. The highest BCUT2D eigenvalue weighted by molar-refractivity contribution is 5.86. The Bertz CT molecular complexity index is 663. The summed E-state index contributed by atoms with van der Waals surface area (Å²) in [5.41, 5.74) is 1.29. The van der Waals surface area contributed by atoms with Gasteiger partial charge < -0.3 is 9.15 Å². The van der Waals surface area contributed by atoms with Crippen molar-refractivity contribution in [3.63, 3.8) is 0 Å². The van der Waals surface area contributed by atoms with E-state index in [9.17, 15) is 4.79 Å². The molecule has 6 heteroatoms. The maximum atomic E-state index is 11.5. The third-order valence-electron chi connectivity index (χ3n) is 4.54. The van der Waals surface area contributed by atoms with Gasteiger partial charge in [0, 0.05) is 45.1 Å². The van der Waals surface area contributed by atoms with Crippen LogP contribution in [0.1, 0.15) is 34.8 Å². The molecule has 0 saturated carbocycles. The first-order chi connectivity index (χ1) is 11.7. The van der Waals surface area contributed by atoms with Crippen LogP contribution in [0.5, 0.6) is 0 Å². The number of ether oxygens (including phenoxy) is 1. The smallest absolute Gasteiger partial charge is 0.373 e. The lowest BCUT2D eigenvalue weighted by molar-refractivity contribution is 0.0552. The first-order valence-corrected chi connectivity index (χ1v) is 8.20. The summed E-state index contributed by atoms with van der Waals surface area (Å²) in [6, 6.07) is 7.81. The fourth-order valence-electron chi connectivity index (χ4n) is 3.02. The molecule has 0 spiro atoms. The number of methoxy groups -OCH3 is 1. The summed E-state index contributed by atoms with van der Waals surface area (Å²) in [4.78, 5) is 20.4. The molecule has 0 aromatic carbocycles. The summed E-state index contributed by atoms with van der Waals surface area (Å²) in [6.45, 7) is 7.03. The molecule has 1 saturated heterocycles. The van der Waals surface area contributed by atoms with Crippen LogP contribution >= 0.6 is 0 Å². The lowest BCUT2D eigenvalue weighted by Gasteiger charge is -2.37. The van der Waals surface area contributed by atoms with Crippen molar-refractivity contribution in [1.29, 1.82) is 0 Å². The third-order valence-corrected chi connectivity index (χ3v) is 4.54. The van der Waals surface area contributed by atoms with E-state index in [0.717, 1.165) is 38.5 Å². The molecule has 1 atom stereocenters. The second kappa shape index (κ2) is 7.59. The Labute approximate surface area is 142 Å². The van der Waals surface area contributed by atoms with E-state index in [4.69, 9.17) is 4.42 Å². The van der Waals surface area contributed by atoms with Gasteiger partial charge in [0.15, 0.2) is 0 Å². The van der Waals surface area contributed by atoms with Crippen LogP contribution < -0.4 is 0 Å². The fraction of sp³-hybridized carbons (Fsp3) is 0.444. The van der Waals surface area contributed by atoms with Crippen LogP contribution in [-0.4, -0.2) is 54.0 Å². The van der Waals surface area contributed by atoms with Crippen LogP contribution in [0.3, 0.4) is 0 Å². The van der Waals surface area contributed by atoms with Gasteiger partial charge in [-0.3, -0.25) is 14.8 Å². The Morgan fingerprint density at radius 2 is 1.92 bits per heavy atom. The minimum atomic E-state index is -0.435.